The number of ether oxygens (including phenoxy) is 5. The Morgan fingerprint density at radius 2 is 0.773 bits per heavy atom. The molecule has 0 heterocycles. The summed E-state index contributed by atoms with van der Waals surface area (Å²) in [6.45, 7) is 1.33. The monoisotopic (exact) mass is 596 g/mol. The molecule has 0 amide bonds. The first-order valence-electron chi connectivity index (χ1n) is 13.0. The molecule has 11 heteroatoms. The normalized spacial score (nSPS) is 10.2. The Morgan fingerprint density at radius 1 is 0.455 bits per heavy atom. The second-order valence-corrected chi connectivity index (χ2v) is 8.94. The van der Waals surface area contributed by atoms with Crippen molar-refractivity contribution in [1.82, 2.24) is 0 Å². The van der Waals surface area contributed by atoms with Crippen LogP contribution in [0.5, 0.6) is 23.0 Å². The number of esters is 5. The van der Waals surface area contributed by atoms with Gasteiger partial charge in [-0.2, -0.15) is 0 Å². The zero-order chi connectivity index (χ0) is 31.6. The third kappa shape index (κ3) is 7.59. The van der Waals surface area contributed by atoms with Gasteiger partial charge in [-0.15, -0.1) is 0 Å². The molecular weight excluding hydrogens is 572 g/mol. The second kappa shape index (κ2) is 14.2. The summed E-state index contributed by atoms with van der Waals surface area (Å²) in [6, 6.07) is 23.4. The van der Waals surface area contributed by atoms with Crippen molar-refractivity contribution in [3.8, 4) is 23.0 Å². The number of hydrogen-bond acceptors (Lipinski definition) is 11. The summed E-state index contributed by atoms with van der Waals surface area (Å²) < 4.78 is 25.9. The molecule has 0 aliphatic rings. The first-order chi connectivity index (χ1) is 21.2. The van der Waals surface area contributed by atoms with Gasteiger partial charge in [0.05, 0.1) is 12.7 Å². The molecule has 4 aromatic rings. The number of carbonyl (C=O) groups excluding carboxylic acids is 6. The second-order valence-electron chi connectivity index (χ2n) is 8.94. The number of ketones is 1. The van der Waals surface area contributed by atoms with E-state index in [4.69, 9.17) is 23.7 Å². The summed E-state index contributed by atoms with van der Waals surface area (Å²) in [6.07, 6.45) is -0.884. The fraction of sp³-hybridized carbons (Fsp3) is 0.0909. The van der Waals surface area contributed by atoms with Crippen LogP contribution in [0, 0.1) is 0 Å². The highest BCUT2D eigenvalue weighted by atomic mass is 16.6. The van der Waals surface area contributed by atoms with Gasteiger partial charge in [0.1, 0.15) is 46.1 Å². The molecule has 0 saturated carbocycles. The van der Waals surface area contributed by atoms with E-state index in [1.54, 1.807) is 24.3 Å². The lowest BCUT2D eigenvalue weighted by molar-refractivity contribution is -0.144. The van der Waals surface area contributed by atoms with E-state index in [0.717, 1.165) is 0 Å². The third-order valence-electron chi connectivity index (χ3n) is 5.91. The number of benzene rings is 4. The number of para-hydroxylation sites is 4. The fourth-order valence-corrected chi connectivity index (χ4v) is 3.87. The van der Waals surface area contributed by atoms with Gasteiger partial charge >= 0.3 is 29.8 Å². The van der Waals surface area contributed by atoms with Crippen molar-refractivity contribution in [3.63, 3.8) is 0 Å². The molecule has 0 saturated heterocycles. The van der Waals surface area contributed by atoms with Crippen LogP contribution in [0.15, 0.2) is 97.1 Å². The molecule has 0 atom stereocenters. The molecule has 44 heavy (non-hydrogen) atoms. The van der Waals surface area contributed by atoms with Crippen LogP contribution >= 0.6 is 0 Å². The van der Waals surface area contributed by atoms with Gasteiger partial charge in [0, 0.05) is 0 Å². The lowest BCUT2D eigenvalue weighted by Gasteiger charge is -2.12. The summed E-state index contributed by atoms with van der Waals surface area (Å²) in [5.74, 6) is -5.45. The number of rotatable bonds is 10. The van der Waals surface area contributed by atoms with Crippen LogP contribution in [-0.2, 0) is 14.3 Å². The maximum absolute atomic E-state index is 12.9. The van der Waals surface area contributed by atoms with Gasteiger partial charge in [0.15, 0.2) is 5.78 Å². The SMILES string of the molecule is COC(=O)c1ccccc1OC(=O)c1ccccc1OC(=O)CC(=O)Oc1ccccc1C(=O)Oc1ccccc1C(C)=O. The Bertz CT molecular complexity index is 1760. The van der Waals surface area contributed by atoms with Crippen LogP contribution in [0.3, 0.4) is 0 Å². The van der Waals surface area contributed by atoms with E-state index < -0.39 is 36.3 Å². The Labute approximate surface area is 250 Å². The molecule has 11 nitrogen and oxygen atoms in total. The average Bonchev–Trinajstić information content (AvgIpc) is 3.01. The van der Waals surface area contributed by atoms with Crippen LogP contribution in [-0.4, -0.2) is 42.7 Å². The van der Waals surface area contributed by atoms with E-state index in [1.165, 1.54) is 86.8 Å². The van der Waals surface area contributed by atoms with Gasteiger partial charge < -0.3 is 23.7 Å². The molecule has 0 N–H and O–H groups in total. The van der Waals surface area contributed by atoms with Crippen LogP contribution in [0.25, 0.3) is 0 Å². The standard InChI is InChI=1S/C33H24O11/c1-20(34)21-11-3-7-15-25(21)43-32(38)23-13-5-8-16-26(23)41-29(35)19-30(36)42-27-17-9-6-14-24(27)33(39)44-28-18-10-4-12-22(28)31(37)40-2/h3-18H,19H2,1-2H3. The van der Waals surface area contributed by atoms with Gasteiger partial charge in [0.2, 0.25) is 0 Å². The van der Waals surface area contributed by atoms with Crippen LogP contribution in [0.1, 0.15) is 54.8 Å². The molecule has 0 unspecified atom stereocenters. The Kier molecular flexibility index (Phi) is 9.95. The van der Waals surface area contributed by atoms with Crippen LogP contribution < -0.4 is 18.9 Å². The van der Waals surface area contributed by atoms with Crippen molar-refractivity contribution in [2.45, 2.75) is 13.3 Å². The van der Waals surface area contributed by atoms with E-state index in [9.17, 15) is 28.8 Å². The first kappa shape index (κ1) is 30.8. The van der Waals surface area contributed by atoms with Gasteiger partial charge in [-0.05, 0) is 55.5 Å². The van der Waals surface area contributed by atoms with Gasteiger partial charge in [-0.3, -0.25) is 14.4 Å². The minimum absolute atomic E-state index is 0.00722. The molecule has 0 aromatic heterocycles. The summed E-state index contributed by atoms with van der Waals surface area (Å²) in [5.41, 5.74) is -0.0941. The number of Topliss-reactive ketones (excluding diaryl/α,β-unsaturated/α-hetero) is 1. The minimum atomic E-state index is -1.07. The number of hydrogen-bond donors (Lipinski definition) is 0. The molecule has 0 fully saturated rings. The molecule has 4 rings (SSSR count). The highest BCUT2D eigenvalue weighted by molar-refractivity contribution is 6.01. The molecule has 4 aromatic carbocycles. The highest BCUT2D eigenvalue weighted by Crippen LogP contribution is 2.26. The van der Waals surface area contributed by atoms with Crippen LogP contribution in [0.2, 0.25) is 0 Å². The van der Waals surface area contributed by atoms with Crippen molar-refractivity contribution in [2.75, 3.05) is 7.11 Å². The van der Waals surface area contributed by atoms with E-state index in [-0.39, 0.29) is 51.0 Å². The van der Waals surface area contributed by atoms with Crippen molar-refractivity contribution in [2.24, 2.45) is 0 Å². The van der Waals surface area contributed by atoms with E-state index >= 15 is 0 Å². The lowest BCUT2D eigenvalue weighted by Crippen LogP contribution is -2.21. The minimum Gasteiger partial charge on any atom is -0.465 e. The van der Waals surface area contributed by atoms with E-state index in [0.29, 0.717) is 0 Å². The summed E-state index contributed by atoms with van der Waals surface area (Å²) in [5, 5.41) is 0. The maximum Gasteiger partial charge on any atom is 0.347 e. The molecule has 0 radical (unpaired) electrons. The smallest absolute Gasteiger partial charge is 0.347 e. The molecular formula is C33H24O11. The van der Waals surface area contributed by atoms with E-state index in [2.05, 4.69) is 0 Å². The lowest BCUT2D eigenvalue weighted by atomic mass is 10.1. The summed E-state index contributed by atoms with van der Waals surface area (Å²) in [7, 11) is 1.18. The average molecular weight is 597 g/mol. The van der Waals surface area contributed by atoms with Crippen LogP contribution in [0.4, 0.5) is 0 Å². The van der Waals surface area contributed by atoms with E-state index in [1.807, 2.05) is 0 Å². The largest absolute Gasteiger partial charge is 0.465 e. The highest BCUT2D eigenvalue weighted by Gasteiger charge is 2.23. The molecule has 222 valence electrons. The summed E-state index contributed by atoms with van der Waals surface area (Å²) in [4.78, 5) is 74.9. The Morgan fingerprint density at radius 3 is 1.16 bits per heavy atom. The maximum atomic E-state index is 12.9. The third-order valence-corrected chi connectivity index (χ3v) is 5.91. The fourth-order valence-electron chi connectivity index (χ4n) is 3.87. The Balaban J connectivity index is 1.43. The van der Waals surface area contributed by atoms with Crippen molar-refractivity contribution < 1.29 is 52.5 Å². The molecule has 0 bridgehead atoms. The van der Waals surface area contributed by atoms with Crippen molar-refractivity contribution >= 4 is 35.6 Å². The predicted octanol–water partition coefficient (Wildman–Crippen LogP) is 5.02. The van der Waals surface area contributed by atoms with Gasteiger partial charge in [0.25, 0.3) is 0 Å². The molecule has 0 aliphatic heterocycles. The molecule has 0 aliphatic carbocycles. The van der Waals surface area contributed by atoms with Crippen molar-refractivity contribution in [3.05, 3.63) is 119 Å². The number of carbonyl (C=O) groups is 6. The summed E-state index contributed by atoms with van der Waals surface area (Å²) >= 11 is 0. The Hall–Kier alpha value is -6.10. The van der Waals surface area contributed by atoms with Gasteiger partial charge in [-0.1, -0.05) is 48.5 Å². The number of methoxy groups -OCH3 is 1. The quantitative estimate of drug-likeness (QED) is 0.105. The zero-order valence-corrected chi connectivity index (χ0v) is 23.4. The van der Waals surface area contributed by atoms with Gasteiger partial charge in [-0.25, -0.2) is 14.4 Å². The topological polar surface area (TPSA) is 149 Å². The molecule has 0 spiro atoms. The zero-order valence-electron chi connectivity index (χ0n) is 23.4. The van der Waals surface area contributed by atoms with Crippen molar-refractivity contribution in [1.29, 1.82) is 0 Å². The first-order valence-corrected chi connectivity index (χ1v) is 13.0. The predicted molar refractivity (Wildman–Crippen MR) is 153 cm³/mol.